The molecule has 3 aromatic carbocycles. The molecular formula is C47H50O22. The van der Waals surface area contributed by atoms with Crippen LogP contribution in [0, 0.1) is 0 Å². The van der Waals surface area contributed by atoms with E-state index in [0.29, 0.717) is 16.7 Å². The highest BCUT2D eigenvalue weighted by molar-refractivity contribution is 5.88. The highest BCUT2D eigenvalue weighted by atomic mass is 16.8. The van der Waals surface area contributed by atoms with Crippen molar-refractivity contribution < 1.29 is 106 Å². The molecule has 22 heteroatoms. The zero-order valence-electron chi connectivity index (χ0n) is 37.7. The van der Waals surface area contributed by atoms with E-state index in [0.717, 1.165) is 39.0 Å². The van der Waals surface area contributed by atoms with Crippen LogP contribution in [-0.2, 0) is 71.4 Å². The number of phenolic OH excluding ortho intramolecular Hbond substituents is 3. The largest absolute Gasteiger partial charge is 0.508 e. The molecule has 2 aliphatic rings. The number of aromatic hydroxyl groups is 3. The van der Waals surface area contributed by atoms with E-state index in [4.69, 9.17) is 52.1 Å². The van der Waals surface area contributed by atoms with E-state index >= 15 is 0 Å². The summed E-state index contributed by atoms with van der Waals surface area (Å²) < 4.78 is 61.3. The molecular weight excluding hydrogens is 916 g/mol. The summed E-state index contributed by atoms with van der Waals surface area (Å²) in [6, 6.07) is 14.0. The molecule has 370 valence electrons. The highest BCUT2D eigenvalue weighted by Gasteiger charge is 2.63. The van der Waals surface area contributed by atoms with Gasteiger partial charge in [-0.15, -0.1) is 0 Å². The zero-order chi connectivity index (χ0) is 50.4. The first-order valence-corrected chi connectivity index (χ1v) is 20.8. The van der Waals surface area contributed by atoms with E-state index in [-0.39, 0.29) is 28.7 Å². The van der Waals surface area contributed by atoms with Crippen LogP contribution in [-0.4, -0.2) is 150 Å². The van der Waals surface area contributed by atoms with E-state index < -0.39 is 110 Å². The topological polar surface area (TPSA) is 305 Å². The Balaban J connectivity index is 1.55. The maximum atomic E-state index is 13.7. The van der Waals surface area contributed by atoms with E-state index in [9.17, 15) is 54.3 Å². The number of esters is 6. The third kappa shape index (κ3) is 14.5. The molecule has 22 nitrogen and oxygen atoms in total. The Morgan fingerprint density at radius 1 is 0.594 bits per heavy atom. The number of ether oxygens (including phenoxy) is 11. The fourth-order valence-electron chi connectivity index (χ4n) is 6.83. The van der Waals surface area contributed by atoms with Gasteiger partial charge < -0.3 is 77.6 Å². The third-order valence-corrected chi connectivity index (χ3v) is 10.0. The van der Waals surface area contributed by atoms with E-state index in [1.807, 2.05) is 0 Å². The van der Waals surface area contributed by atoms with Gasteiger partial charge in [-0.25, -0.2) is 14.4 Å². The number of rotatable bonds is 19. The molecule has 2 heterocycles. The number of benzene rings is 3. The molecule has 0 bridgehead atoms. The molecule has 5 N–H and O–H groups in total. The summed E-state index contributed by atoms with van der Waals surface area (Å²) in [6.07, 6.45) is -8.28. The molecule has 0 unspecified atom stereocenters. The van der Waals surface area contributed by atoms with Gasteiger partial charge >= 0.3 is 35.8 Å². The molecule has 0 aliphatic carbocycles. The maximum absolute atomic E-state index is 13.7. The number of carbonyl (C=O) groups excluding carboxylic acids is 6. The lowest BCUT2D eigenvalue weighted by Crippen LogP contribution is -2.65. The summed E-state index contributed by atoms with van der Waals surface area (Å²) >= 11 is 0. The predicted octanol–water partition coefficient (Wildman–Crippen LogP) is 2.24. The van der Waals surface area contributed by atoms with E-state index in [2.05, 4.69) is 0 Å². The lowest BCUT2D eigenvalue weighted by molar-refractivity contribution is -0.384. The molecule has 0 spiro atoms. The third-order valence-electron chi connectivity index (χ3n) is 10.0. The molecule has 0 saturated carbocycles. The van der Waals surface area contributed by atoms with Crippen molar-refractivity contribution in [3.05, 3.63) is 95.6 Å². The minimum atomic E-state index is -2.74. The fourth-order valence-corrected chi connectivity index (χ4v) is 6.83. The molecule has 69 heavy (non-hydrogen) atoms. The first-order valence-electron chi connectivity index (χ1n) is 20.8. The average Bonchev–Trinajstić information content (AvgIpc) is 3.56. The number of aliphatic hydroxyl groups is 2. The Bertz CT molecular complexity index is 2410. The lowest BCUT2D eigenvalue weighted by atomic mass is 9.98. The fraction of sp³-hybridized carbons (Fsp3) is 0.362. The number of methoxy groups -OCH3 is 2. The maximum Gasteiger partial charge on any atom is 0.331 e. The molecule has 3 aromatic rings. The van der Waals surface area contributed by atoms with Crippen LogP contribution in [0.15, 0.2) is 78.9 Å². The summed E-state index contributed by atoms with van der Waals surface area (Å²) in [7, 11) is 2.64. The van der Waals surface area contributed by atoms with Crippen molar-refractivity contribution in [2.45, 2.75) is 75.6 Å². The second kappa shape index (κ2) is 24.0. The Kier molecular flexibility index (Phi) is 18.2. The normalized spacial score (nSPS) is 24.4. The van der Waals surface area contributed by atoms with Crippen LogP contribution in [0.2, 0.25) is 0 Å². The van der Waals surface area contributed by atoms with Crippen LogP contribution in [0.25, 0.3) is 18.2 Å². The zero-order valence-corrected chi connectivity index (χ0v) is 37.7. The van der Waals surface area contributed by atoms with Gasteiger partial charge in [-0.2, -0.15) is 0 Å². The van der Waals surface area contributed by atoms with Crippen molar-refractivity contribution in [2.75, 3.05) is 34.0 Å². The average molecular weight is 967 g/mol. The molecule has 2 fully saturated rings. The molecule has 0 amide bonds. The SMILES string of the molecule is COc1cc(/C=C\C(=O)O[C@H]2[C@H](O)[C@@H](COC(=O)/C=C/c3ccc(O)c(OC)c3)O[C@@]2(COC(=O)/C=C/c2ccc(O)cc2)O[C@H]2O[C@H](COC(C)=O)[C@@H](OC(C)=O)[C@H](O)[C@H]2OC(C)=O)ccc1O. The summed E-state index contributed by atoms with van der Waals surface area (Å²) in [4.78, 5) is 76.7. The van der Waals surface area contributed by atoms with E-state index in [1.54, 1.807) is 0 Å². The number of aliphatic hydroxyl groups excluding tert-OH is 2. The second-order valence-electron chi connectivity index (χ2n) is 15.1. The van der Waals surface area contributed by atoms with Gasteiger partial charge in [0.05, 0.1) is 14.2 Å². The van der Waals surface area contributed by atoms with Gasteiger partial charge in [-0.3, -0.25) is 14.4 Å². The van der Waals surface area contributed by atoms with Crippen LogP contribution in [0.3, 0.4) is 0 Å². The Morgan fingerprint density at radius 2 is 1.10 bits per heavy atom. The van der Waals surface area contributed by atoms with Gasteiger partial charge in [0.15, 0.2) is 41.3 Å². The summed E-state index contributed by atoms with van der Waals surface area (Å²) in [5.74, 6) is -8.98. The molecule has 5 rings (SSSR count). The van der Waals surface area contributed by atoms with Crippen LogP contribution in [0.1, 0.15) is 37.5 Å². The van der Waals surface area contributed by atoms with Crippen molar-refractivity contribution in [2.24, 2.45) is 0 Å². The summed E-state index contributed by atoms with van der Waals surface area (Å²) in [6.45, 7) is 0.440. The van der Waals surface area contributed by atoms with Crippen LogP contribution < -0.4 is 9.47 Å². The van der Waals surface area contributed by atoms with Gasteiger partial charge in [0.2, 0.25) is 12.1 Å². The van der Waals surface area contributed by atoms with Crippen LogP contribution in [0.4, 0.5) is 0 Å². The monoisotopic (exact) mass is 966 g/mol. The molecule has 9 atom stereocenters. The molecule has 2 aliphatic heterocycles. The first-order chi connectivity index (χ1) is 32.8. The lowest BCUT2D eigenvalue weighted by Gasteiger charge is -2.45. The Labute approximate surface area is 393 Å². The van der Waals surface area contributed by atoms with Gasteiger partial charge in [0.25, 0.3) is 0 Å². The van der Waals surface area contributed by atoms with Crippen molar-refractivity contribution >= 4 is 54.0 Å². The minimum absolute atomic E-state index is 0.0466. The van der Waals surface area contributed by atoms with Crippen LogP contribution >= 0.6 is 0 Å². The van der Waals surface area contributed by atoms with Crippen molar-refractivity contribution in [3.63, 3.8) is 0 Å². The smallest absolute Gasteiger partial charge is 0.331 e. The Hall–Kier alpha value is -7.50. The predicted molar refractivity (Wildman–Crippen MR) is 233 cm³/mol. The number of phenols is 3. The number of hydrogen-bond donors (Lipinski definition) is 5. The molecule has 2 saturated heterocycles. The molecule has 0 aromatic heterocycles. The van der Waals surface area contributed by atoms with Crippen molar-refractivity contribution in [3.8, 4) is 28.7 Å². The standard InChI is InChI=1S/C47H50O22/c1-25(48)61-23-37-43(64-26(2)49)42(58)44(65-27(3)50)46(66-37)69-47(24-63-39(55)17-10-28-6-13-31(51)14-7-28)45(67-40(56)19-12-30-9-16-33(53)35(21-30)60-5)41(57)36(68-47)22-62-38(54)18-11-29-8-15-32(52)34(20-29)59-4/h6-21,36-37,41-46,51-53,57-58H,22-24H2,1-5H3/b17-10+,18-11+,19-12-/t36-,37-,41-,42+,43-,44-,45+,46-,47+/m1/s1. The van der Waals surface area contributed by atoms with Gasteiger partial charge in [-0.05, 0) is 71.3 Å². The van der Waals surface area contributed by atoms with Gasteiger partial charge in [0, 0.05) is 39.0 Å². The Morgan fingerprint density at radius 3 is 1.65 bits per heavy atom. The van der Waals surface area contributed by atoms with Gasteiger partial charge in [0.1, 0.15) is 50.0 Å². The summed E-state index contributed by atoms with van der Waals surface area (Å²) in [5, 5.41) is 53.2. The van der Waals surface area contributed by atoms with E-state index in [1.165, 1.54) is 93.1 Å². The first kappa shape index (κ1) is 52.5. The van der Waals surface area contributed by atoms with Crippen molar-refractivity contribution in [1.29, 1.82) is 0 Å². The highest BCUT2D eigenvalue weighted by Crippen LogP contribution is 2.40. The number of hydrogen-bond acceptors (Lipinski definition) is 22. The molecule has 0 radical (unpaired) electrons. The van der Waals surface area contributed by atoms with Crippen molar-refractivity contribution in [1.82, 2.24) is 0 Å². The number of carbonyl (C=O) groups is 6. The quantitative estimate of drug-likeness (QED) is 0.0654. The van der Waals surface area contributed by atoms with Gasteiger partial charge in [-0.1, -0.05) is 24.3 Å². The van der Waals surface area contributed by atoms with Crippen LogP contribution in [0.5, 0.6) is 28.7 Å². The summed E-state index contributed by atoms with van der Waals surface area (Å²) in [5.41, 5.74) is 1.20. The second-order valence-corrected chi connectivity index (χ2v) is 15.1. The minimum Gasteiger partial charge on any atom is -0.508 e.